The molecule has 0 bridgehead atoms. The number of benzene rings is 1. The van der Waals surface area contributed by atoms with Crippen LogP contribution in [0.2, 0.25) is 0 Å². The zero-order chi connectivity index (χ0) is 16.2. The van der Waals surface area contributed by atoms with Crippen LogP contribution in [0.5, 0.6) is 0 Å². The van der Waals surface area contributed by atoms with Gasteiger partial charge in [0.15, 0.2) is 0 Å². The number of nitrogens with one attached hydrogen (secondary N) is 1. The lowest BCUT2D eigenvalue weighted by Gasteiger charge is -2.31. The highest BCUT2D eigenvalue weighted by Crippen LogP contribution is 2.57. The Bertz CT molecular complexity index is 643. The zero-order valence-electron chi connectivity index (χ0n) is 13.2. The minimum Gasteiger partial charge on any atom is -0.453 e. The first kappa shape index (κ1) is 15.1. The lowest BCUT2D eigenvalue weighted by atomic mass is 9.75. The minimum absolute atomic E-state index is 0.0872. The van der Waals surface area contributed by atoms with Crippen molar-refractivity contribution >= 4 is 23.5 Å². The molecule has 3 aliphatic heterocycles. The van der Waals surface area contributed by atoms with Crippen LogP contribution in [0, 0.1) is 0 Å². The van der Waals surface area contributed by atoms with Crippen LogP contribution < -0.4 is 5.32 Å². The smallest absolute Gasteiger partial charge is 0.411 e. The summed E-state index contributed by atoms with van der Waals surface area (Å²) in [7, 11) is 1.41. The number of fused-ring (bicyclic) bond motifs is 1. The van der Waals surface area contributed by atoms with E-state index in [2.05, 4.69) is 11.4 Å². The summed E-state index contributed by atoms with van der Waals surface area (Å²) in [6.07, 6.45) is 2.33. The van der Waals surface area contributed by atoms with Gasteiger partial charge in [0.2, 0.25) is 0 Å². The van der Waals surface area contributed by atoms with Crippen molar-refractivity contribution in [3.05, 3.63) is 29.8 Å². The van der Waals surface area contributed by atoms with Crippen molar-refractivity contribution in [2.24, 2.45) is 0 Å². The molecule has 6 nitrogen and oxygen atoms in total. The van der Waals surface area contributed by atoms with Gasteiger partial charge in [-0.05, 0) is 24.3 Å². The molecular formula is C16H21N3O3S. The molecule has 124 valence electrons. The lowest BCUT2D eigenvalue weighted by Crippen LogP contribution is -2.49. The van der Waals surface area contributed by atoms with Crippen molar-refractivity contribution in [2.45, 2.75) is 30.1 Å². The van der Waals surface area contributed by atoms with Crippen LogP contribution in [-0.4, -0.2) is 65.2 Å². The summed E-state index contributed by atoms with van der Waals surface area (Å²) in [6.45, 7) is 0.622. The number of para-hydroxylation sites is 1. The Morgan fingerprint density at radius 3 is 3.04 bits per heavy atom. The number of hydrogen-bond donors (Lipinski definition) is 2. The largest absolute Gasteiger partial charge is 0.453 e. The van der Waals surface area contributed by atoms with Crippen LogP contribution in [0.15, 0.2) is 24.3 Å². The van der Waals surface area contributed by atoms with Crippen molar-refractivity contribution in [1.29, 1.82) is 0 Å². The fraction of sp³-hybridized carbons (Fsp3) is 0.562. The summed E-state index contributed by atoms with van der Waals surface area (Å²) in [6, 6.07) is 7.97. The van der Waals surface area contributed by atoms with Crippen molar-refractivity contribution in [3.8, 4) is 0 Å². The van der Waals surface area contributed by atoms with Gasteiger partial charge in [0.05, 0.1) is 24.6 Å². The first-order valence-electron chi connectivity index (χ1n) is 7.82. The van der Waals surface area contributed by atoms with Crippen LogP contribution in [0.3, 0.4) is 0 Å². The van der Waals surface area contributed by atoms with Gasteiger partial charge in [-0.1, -0.05) is 18.2 Å². The van der Waals surface area contributed by atoms with E-state index in [0.717, 1.165) is 17.9 Å². The highest BCUT2D eigenvalue weighted by atomic mass is 32.2. The van der Waals surface area contributed by atoms with E-state index < -0.39 is 0 Å². The van der Waals surface area contributed by atoms with Crippen LogP contribution in [0.25, 0.3) is 0 Å². The number of hydroxylamine groups is 2. The van der Waals surface area contributed by atoms with Gasteiger partial charge in [0, 0.05) is 18.0 Å². The zero-order valence-corrected chi connectivity index (χ0v) is 14.0. The average molecular weight is 335 g/mol. The Morgan fingerprint density at radius 2 is 2.30 bits per heavy atom. The van der Waals surface area contributed by atoms with E-state index in [4.69, 9.17) is 4.74 Å². The number of rotatable bonds is 2. The second-order valence-electron chi connectivity index (χ2n) is 6.39. The predicted octanol–water partition coefficient (Wildman–Crippen LogP) is 1.95. The molecule has 0 saturated carbocycles. The SMILES string of the molecule is COC(=O)N1[C@@H](CSC)[C@@H]2N(O)CCC23c2ccccc2N[C@@H]13. The van der Waals surface area contributed by atoms with Crippen molar-refractivity contribution in [1.82, 2.24) is 9.96 Å². The molecule has 0 radical (unpaired) electrons. The van der Waals surface area contributed by atoms with Gasteiger partial charge in [0.1, 0.15) is 6.17 Å². The first-order valence-corrected chi connectivity index (χ1v) is 9.21. The van der Waals surface area contributed by atoms with E-state index in [1.165, 1.54) is 17.7 Å². The monoisotopic (exact) mass is 335 g/mol. The van der Waals surface area contributed by atoms with Crippen LogP contribution >= 0.6 is 11.8 Å². The number of methoxy groups -OCH3 is 1. The number of nitrogens with zero attached hydrogens (tertiary/aromatic N) is 2. The summed E-state index contributed by atoms with van der Waals surface area (Å²) in [5.74, 6) is 0.763. The maximum atomic E-state index is 12.5. The molecule has 2 fully saturated rings. The third-order valence-corrected chi connectivity index (χ3v) is 6.21. The summed E-state index contributed by atoms with van der Waals surface area (Å²) >= 11 is 1.68. The number of hydrogen-bond acceptors (Lipinski definition) is 6. The third kappa shape index (κ3) is 1.81. The van der Waals surface area contributed by atoms with Gasteiger partial charge in [-0.25, -0.2) is 4.79 Å². The molecule has 4 atom stereocenters. The number of carbonyl (C=O) groups is 1. The lowest BCUT2D eigenvalue weighted by molar-refractivity contribution is -0.114. The number of anilines is 1. The second kappa shape index (κ2) is 5.29. The van der Waals surface area contributed by atoms with Crippen LogP contribution in [0.4, 0.5) is 10.5 Å². The second-order valence-corrected chi connectivity index (χ2v) is 7.30. The minimum atomic E-state index is -0.337. The van der Waals surface area contributed by atoms with Gasteiger partial charge >= 0.3 is 6.09 Å². The van der Waals surface area contributed by atoms with Gasteiger partial charge in [0.25, 0.3) is 0 Å². The molecular weight excluding hydrogens is 314 g/mol. The summed E-state index contributed by atoms with van der Waals surface area (Å²) in [5, 5.41) is 15.5. The molecule has 4 rings (SSSR count). The summed E-state index contributed by atoms with van der Waals surface area (Å²) in [4.78, 5) is 14.3. The Morgan fingerprint density at radius 1 is 1.52 bits per heavy atom. The Hall–Kier alpha value is -1.44. The molecule has 1 amide bonds. The van der Waals surface area contributed by atoms with Gasteiger partial charge < -0.3 is 15.3 Å². The quantitative estimate of drug-likeness (QED) is 0.861. The summed E-state index contributed by atoms with van der Waals surface area (Å²) in [5.41, 5.74) is 1.97. The number of carbonyl (C=O) groups excluding carboxylic acids is 1. The number of likely N-dealkylation sites (tertiary alicyclic amines) is 1. The fourth-order valence-corrected chi connectivity index (χ4v) is 5.46. The van der Waals surface area contributed by atoms with Crippen molar-refractivity contribution in [2.75, 3.05) is 31.0 Å². The Balaban J connectivity index is 1.87. The van der Waals surface area contributed by atoms with Crippen LogP contribution in [-0.2, 0) is 10.2 Å². The number of ether oxygens (including phenoxy) is 1. The topological polar surface area (TPSA) is 65.0 Å². The number of amides is 1. The molecule has 3 heterocycles. The van der Waals surface area contributed by atoms with E-state index >= 15 is 0 Å². The Kier molecular flexibility index (Phi) is 3.48. The molecule has 23 heavy (non-hydrogen) atoms. The highest BCUT2D eigenvalue weighted by molar-refractivity contribution is 7.98. The van der Waals surface area contributed by atoms with Gasteiger partial charge in [-0.3, -0.25) is 4.90 Å². The van der Waals surface area contributed by atoms with Gasteiger partial charge in [-0.15, -0.1) is 0 Å². The van der Waals surface area contributed by atoms with Crippen molar-refractivity contribution < 1.29 is 14.7 Å². The highest BCUT2D eigenvalue weighted by Gasteiger charge is 2.69. The van der Waals surface area contributed by atoms with Gasteiger partial charge in [-0.2, -0.15) is 16.8 Å². The summed E-state index contributed by atoms with van der Waals surface area (Å²) < 4.78 is 5.05. The van der Waals surface area contributed by atoms with Crippen LogP contribution in [0.1, 0.15) is 12.0 Å². The first-order chi connectivity index (χ1) is 11.1. The van der Waals surface area contributed by atoms with Crippen molar-refractivity contribution in [3.63, 3.8) is 0 Å². The molecule has 3 aliphatic rings. The maximum Gasteiger partial charge on any atom is 0.411 e. The number of thioether (sulfide) groups is 1. The van der Waals surface area contributed by atoms with E-state index in [9.17, 15) is 10.0 Å². The third-order valence-electron chi connectivity index (χ3n) is 5.53. The molecule has 2 N–H and O–H groups in total. The standard InChI is InChI=1S/C16H21N3O3S/c1-22-15(20)19-12(9-23-2)13-16(7-8-18(13)21)10-5-3-4-6-11(10)17-14(16)19/h3-6,12-14,17,21H,7-9H2,1-2H3/t12-,13-,14-,16?/m0/s1. The van der Waals surface area contributed by atoms with E-state index in [0.29, 0.717) is 6.54 Å². The molecule has 1 aromatic carbocycles. The molecule has 1 unspecified atom stereocenters. The molecule has 2 saturated heterocycles. The van der Waals surface area contributed by atoms with E-state index in [1.54, 1.807) is 16.7 Å². The maximum absolute atomic E-state index is 12.5. The molecule has 1 aromatic rings. The normalized spacial score (nSPS) is 34.7. The van der Waals surface area contributed by atoms with E-state index in [1.807, 2.05) is 24.5 Å². The average Bonchev–Trinajstić information content (AvgIpc) is 3.14. The van der Waals surface area contributed by atoms with E-state index in [-0.39, 0.29) is 29.8 Å². The molecule has 7 heteroatoms. The molecule has 0 aromatic heterocycles. The fourth-order valence-electron chi connectivity index (χ4n) is 4.77. The molecule has 0 aliphatic carbocycles. The molecule has 1 spiro atoms. The Labute approximate surface area is 139 Å². The predicted molar refractivity (Wildman–Crippen MR) is 88.8 cm³/mol.